The molecule has 1 fully saturated rings. The Bertz CT molecular complexity index is 477. The molecule has 4 heteroatoms. The van der Waals surface area contributed by atoms with Gasteiger partial charge in [0.25, 0.3) is 0 Å². The maximum Gasteiger partial charge on any atom is 0.338 e. The van der Waals surface area contributed by atoms with E-state index in [-0.39, 0.29) is 11.7 Å². The van der Waals surface area contributed by atoms with Gasteiger partial charge < -0.3 is 15.6 Å². The predicted molar refractivity (Wildman–Crippen MR) is 78.6 cm³/mol. The van der Waals surface area contributed by atoms with Crippen molar-refractivity contribution in [2.24, 2.45) is 11.8 Å². The number of rotatable bonds is 4. The largest absolute Gasteiger partial charge is 0.478 e. The first-order valence-electron chi connectivity index (χ1n) is 7.19. The topological polar surface area (TPSA) is 72.5 Å². The van der Waals surface area contributed by atoms with E-state index in [2.05, 4.69) is 13.8 Å². The summed E-state index contributed by atoms with van der Waals surface area (Å²) in [5, 5.41) is 9.23. The normalized spacial score (nSPS) is 26.4. The molecule has 2 atom stereocenters. The van der Waals surface area contributed by atoms with Crippen LogP contribution in [0.3, 0.4) is 0 Å². The number of carboxylic acid groups (broad SMARTS) is 1. The molecule has 0 radical (unpaired) electrons. The molecule has 3 N–H and O–H groups in total. The van der Waals surface area contributed by atoms with Crippen LogP contribution in [-0.4, -0.2) is 17.2 Å². The standard InChI is InChI=1S/C16H23NO3/c1-10-6-11(2)8-13(7-10)20-9-12-4-3-5-14(17)15(12)16(18)19/h3-5,10-11,13H,6-9,17H2,1-2H3,(H,18,19). The van der Waals surface area contributed by atoms with Crippen LogP contribution in [0, 0.1) is 11.8 Å². The highest BCUT2D eigenvalue weighted by Gasteiger charge is 2.25. The third-order valence-electron chi connectivity index (χ3n) is 4.01. The Hall–Kier alpha value is -1.55. The van der Waals surface area contributed by atoms with Crippen LogP contribution in [0.5, 0.6) is 0 Å². The average Bonchev–Trinajstić information content (AvgIpc) is 2.34. The zero-order valence-corrected chi connectivity index (χ0v) is 12.1. The molecule has 0 heterocycles. The van der Waals surface area contributed by atoms with Crippen molar-refractivity contribution in [3.05, 3.63) is 29.3 Å². The van der Waals surface area contributed by atoms with Crippen molar-refractivity contribution in [1.29, 1.82) is 0 Å². The second-order valence-electron chi connectivity index (χ2n) is 6.04. The van der Waals surface area contributed by atoms with E-state index in [0.29, 0.717) is 29.7 Å². The molecule has 0 aromatic heterocycles. The van der Waals surface area contributed by atoms with Gasteiger partial charge in [-0.3, -0.25) is 0 Å². The lowest BCUT2D eigenvalue weighted by Crippen LogP contribution is -2.26. The van der Waals surface area contributed by atoms with Gasteiger partial charge in [-0.05, 0) is 42.7 Å². The molecular weight excluding hydrogens is 254 g/mol. The molecule has 0 aliphatic heterocycles. The molecule has 1 saturated carbocycles. The van der Waals surface area contributed by atoms with Crippen molar-refractivity contribution in [2.45, 2.75) is 45.8 Å². The van der Waals surface area contributed by atoms with E-state index in [0.717, 1.165) is 12.8 Å². The SMILES string of the molecule is CC1CC(C)CC(OCc2cccc(N)c2C(=O)O)C1. The maximum absolute atomic E-state index is 11.3. The number of nitrogens with two attached hydrogens (primary N) is 1. The predicted octanol–water partition coefficient (Wildman–Crippen LogP) is 3.31. The quantitative estimate of drug-likeness (QED) is 0.828. The van der Waals surface area contributed by atoms with Gasteiger partial charge in [-0.2, -0.15) is 0 Å². The van der Waals surface area contributed by atoms with Crippen molar-refractivity contribution in [3.8, 4) is 0 Å². The zero-order valence-electron chi connectivity index (χ0n) is 12.1. The fourth-order valence-corrected chi connectivity index (χ4v) is 3.22. The summed E-state index contributed by atoms with van der Waals surface area (Å²) in [7, 11) is 0. The molecule has 4 nitrogen and oxygen atoms in total. The van der Waals surface area contributed by atoms with E-state index in [4.69, 9.17) is 10.5 Å². The minimum absolute atomic E-state index is 0.171. The van der Waals surface area contributed by atoms with E-state index < -0.39 is 5.97 Å². The van der Waals surface area contributed by atoms with Crippen LogP contribution >= 0.6 is 0 Å². The van der Waals surface area contributed by atoms with Gasteiger partial charge >= 0.3 is 5.97 Å². The van der Waals surface area contributed by atoms with Crippen molar-refractivity contribution in [2.75, 3.05) is 5.73 Å². The number of carbonyl (C=O) groups is 1. The highest BCUT2D eigenvalue weighted by Crippen LogP contribution is 2.31. The Morgan fingerprint density at radius 3 is 2.55 bits per heavy atom. The summed E-state index contributed by atoms with van der Waals surface area (Å²) < 4.78 is 5.94. The van der Waals surface area contributed by atoms with Crippen LogP contribution < -0.4 is 5.73 Å². The summed E-state index contributed by atoms with van der Waals surface area (Å²) in [5.74, 6) is 0.346. The number of carboxylic acids is 1. The lowest BCUT2D eigenvalue weighted by Gasteiger charge is -2.31. The van der Waals surface area contributed by atoms with Crippen molar-refractivity contribution in [3.63, 3.8) is 0 Å². The summed E-state index contributed by atoms with van der Waals surface area (Å²) in [4.78, 5) is 11.3. The number of hydrogen-bond donors (Lipinski definition) is 2. The monoisotopic (exact) mass is 277 g/mol. The highest BCUT2D eigenvalue weighted by atomic mass is 16.5. The summed E-state index contributed by atoms with van der Waals surface area (Å²) in [6.45, 7) is 4.81. The molecule has 2 rings (SSSR count). The van der Waals surface area contributed by atoms with E-state index in [1.54, 1.807) is 18.2 Å². The molecule has 0 bridgehead atoms. The first-order chi connectivity index (χ1) is 9.47. The molecule has 1 aromatic rings. The lowest BCUT2D eigenvalue weighted by molar-refractivity contribution is -0.00954. The molecule has 2 unspecified atom stereocenters. The van der Waals surface area contributed by atoms with Crippen LogP contribution in [0.4, 0.5) is 5.69 Å². The maximum atomic E-state index is 11.3. The second kappa shape index (κ2) is 6.27. The fraction of sp³-hybridized carbons (Fsp3) is 0.562. The molecule has 1 aromatic carbocycles. The minimum atomic E-state index is -0.993. The minimum Gasteiger partial charge on any atom is -0.478 e. The first-order valence-corrected chi connectivity index (χ1v) is 7.19. The van der Waals surface area contributed by atoms with Gasteiger partial charge in [0.15, 0.2) is 0 Å². The van der Waals surface area contributed by atoms with Gasteiger partial charge in [0.05, 0.1) is 18.3 Å². The number of aromatic carboxylic acids is 1. The Labute approximate surface area is 119 Å². The molecule has 0 saturated heterocycles. The van der Waals surface area contributed by atoms with Crippen LogP contribution in [-0.2, 0) is 11.3 Å². The number of ether oxygens (including phenoxy) is 1. The summed E-state index contributed by atoms with van der Waals surface area (Å²) in [6, 6.07) is 5.15. The lowest BCUT2D eigenvalue weighted by atomic mass is 9.82. The van der Waals surface area contributed by atoms with Gasteiger partial charge in [0, 0.05) is 5.69 Å². The average molecular weight is 277 g/mol. The van der Waals surface area contributed by atoms with E-state index in [1.807, 2.05) is 0 Å². The molecule has 110 valence electrons. The van der Waals surface area contributed by atoms with Crippen LogP contribution in [0.2, 0.25) is 0 Å². The molecular formula is C16H23NO3. The van der Waals surface area contributed by atoms with Crippen LogP contribution in [0.1, 0.15) is 49.0 Å². The van der Waals surface area contributed by atoms with E-state index >= 15 is 0 Å². The number of hydrogen-bond acceptors (Lipinski definition) is 3. The molecule has 1 aliphatic rings. The highest BCUT2D eigenvalue weighted by molar-refractivity contribution is 5.95. The Balaban J connectivity index is 2.04. The Kier molecular flexibility index (Phi) is 4.65. The Morgan fingerprint density at radius 2 is 1.95 bits per heavy atom. The van der Waals surface area contributed by atoms with Crippen molar-refractivity contribution >= 4 is 11.7 Å². The van der Waals surface area contributed by atoms with E-state index in [1.165, 1.54) is 6.42 Å². The van der Waals surface area contributed by atoms with Crippen molar-refractivity contribution in [1.82, 2.24) is 0 Å². The molecule has 0 spiro atoms. The number of benzene rings is 1. The second-order valence-corrected chi connectivity index (χ2v) is 6.04. The third kappa shape index (κ3) is 3.51. The number of anilines is 1. The molecule has 1 aliphatic carbocycles. The van der Waals surface area contributed by atoms with Gasteiger partial charge in [0.2, 0.25) is 0 Å². The number of nitrogen functional groups attached to an aromatic ring is 1. The van der Waals surface area contributed by atoms with Gasteiger partial charge in [-0.1, -0.05) is 26.0 Å². The summed E-state index contributed by atoms with van der Waals surface area (Å²) in [5.41, 5.74) is 6.86. The smallest absolute Gasteiger partial charge is 0.338 e. The molecule has 20 heavy (non-hydrogen) atoms. The first kappa shape index (κ1) is 14.9. The van der Waals surface area contributed by atoms with Crippen LogP contribution in [0.25, 0.3) is 0 Å². The zero-order chi connectivity index (χ0) is 14.7. The van der Waals surface area contributed by atoms with Gasteiger partial charge in [0.1, 0.15) is 0 Å². The molecule has 0 amide bonds. The van der Waals surface area contributed by atoms with E-state index in [9.17, 15) is 9.90 Å². The van der Waals surface area contributed by atoms with Gasteiger partial charge in [-0.15, -0.1) is 0 Å². The van der Waals surface area contributed by atoms with Gasteiger partial charge in [-0.25, -0.2) is 4.79 Å². The Morgan fingerprint density at radius 1 is 1.30 bits per heavy atom. The summed E-state index contributed by atoms with van der Waals surface area (Å²) >= 11 is 0. The fourth-order valence-electron chi connectivity index (χ4n) is 3.22. The van der Waals surface area contributed by atoms with Crippen LogP contribution in [0.15, 0.2) is 18.2 Å². The third-order valence-corrected chi connectivity index (χ3v) is 4.01. The summed E-state index contributed by atoms with van der Waals surface area (Å²) in [6.07, 6.45) is 3.57. The van der Waals surface area contributed by atoms with Crippen molar-refractivity contribution < 1.29 is 14.6 Å².